The molecule has 0 aliphatic heterocycles. The maximum atomic E-state index is 10.2. The molecule has 0 rings (SSSR count). The van der Waals surface area contributed by atoms with E-state index in [0.717, 1.165) is 6.92 Å². The van der Waals surface area contributed by atoms with Gasteiger partial charge >= 0.3 is 7.82 Å². The van der Waals surface area contributed by atoms with Crippen molar-refractivity contribution in [3.63, 3.8) is 0 Å². The minimum absolute atomic E-state index is 0.833. The van der Waals surface area contributed by atoms with E-state index in [1.165, 1.54) is 0 Å². The van der Waals surface area contributed by atoms with E-state index < -0.39 is 13.8 Å². The molecule has 0 atom stereocenters. The molecule has 62 valence electrons. The molecular weight excluding hydrogens is 170 g/mol. The number of hydrogen-bond acceptors (Lipinski definition) is 3. The van der Waals surface area contributed by atoms with Crippen molar-refractivity contribution >= 4 is 13.8 Å². The number of hydrogen-bond donors (Lipinski definition) is 3. The Morgan fingerprint density at radius 2 is 1.70 bits per heavy atom. The smallest absolute Gasteiger partial charge is 0.481 e. The topological polar surface area (TPSA) is 104 Å². The van der Waals surface area contributed by atoms with E-state index in [4.69, 9.17) is 24.3 Å². The molecule has 0 aliphatic carbocycles. The number of aliphatic carboxylic acids is 1. The quantitative estimate of drug-likeness (QED) is 0.488. The Labute approximate surface area is 55.4 Å². The highest BCUT2D eigenvalue weighted by atomic mass is 31.2. The molecule has 8 heteroatoms. The molecular formula is C2H6FO6P. The van der Waals surface area contributed by atoms with E-state index in [1.807, 2.05) is 0 Å². The van der Waals surface area contributed by atoms with Gasteiger partial charge in [-0.25, -0.2) is 4.57 Å². The van der Waals surface area contributed by atoms with Crippen molar-refractivity contribution in [3.8, 4) is 0 Å². The molecule has 0 amide bonds. The predicted octanol–water partition coefficient (Wildman–Crippen LogP) is 0.0711. The molecule has 0 bridgehead atoms. The number of halogens is 1. The molecule has 0 fully saturated rings. The van der Waals surface area contributed by atoms with Gasteiger partial charge in [0.25, 0.3) is 5.97 Å². The predicted molar refractivity (Wildman–Crippen MR) is 27.5 cm³/mol. The van der Waals surface area contributed by atoms with Gasteiger partial charge in [-0.2, -0.15) is 0 Å². The first kappa shape index (κ1) is 12.2. The molecule has 6 nitrogen and oxygen atoms in total. The highest BCUT2D eigenvalue weighted by Crippen LogP contribution is 2.35. The summed E-state index contributed by atoms with van der Waals surface area (Å²) in [7, 11) is -4.81. The van der Waals surface area contributed by atoms with E-state index in [1.54, 1.807) is 0 Å². The van der Waals surface area contributed by atoms with Gasteiger partial charge in [-0.15, -0.1) is 0 Å². The first-order valence-electron chi connectivity index (χ1n) is 1.85. The monoisotopic (exact) mass is 176 g/mol. The second-order valence-electron chi connectivity index (χ2n) is 1.08. The van der Waals surface area contributed by atoms with Crippen LogP contribution in [-0.2, 0) is 14.1 Å². The fourth-order valence-electron chi connectivity index (χ4n) is 0. The summed E-state index contributed by atoms with van der Waals surface area (Å²) in [6.45, 7) is 1.08. The molecule has 0 saturated heterocycles. The van der Waals surface area contributed by atoms with Crippen LogP contribution in [0.25, 0.3) is 0 Å². The van der Waals surface area contributed by atoms with Crippen molar-refractivity contribution < 1.29 is 33.5 Å². The summed E-state index contributed by atoms with van der Waals surface area (Å²) < 4.78 is 21.4. The standard InChI is InChI=1S/C2H4O2.FH2O4P/c1-2(3)4;1-5-6(2,3)4/h1H3,(H,3,4);(H2,2,3,4). The average Bonchev–Trinajstić information content (AvgIpc) is 1.63. The van der Waals surface area contributed by atoms with Crippen molar-refractivity contribution in [3.05, 3.63) is 0 Å². The summed E-state index contributed by atoms with van der Waals surface area (Å²) >= 11 is 0. The van der Waals surface area contributed by atoms with Crippen LogP contribution in [0.15, 0.2) is 0 Å². The zero-order chi connectivity index (χ0) is 8.78. The molecule has 10 heavy (non-hydrogen) atoms. The van der Waals surface area contributed by atoms with E-state index in [9.17, 15) is 4.53 Å². The lowest BCUT2D eigenvalue weighted by molar-refractivity contribution is -0.134. The second-order valence-corrected chi connectivity index (χ2v) is 2.20. The fraction of sp³-hybridized carbons (Fsp3) is 0.500. The second kappa shape index (κ2) is 5.31. The molecule has 0 aromatic rings. The van der Waals surface area contributed by atoms with Gasteiger partial charge in [-0.3, -0.25) is 4.79 Å². The lowest BCUT2D eigenvalue weighted by Crippen LogP contribution is -1.78. The molecule has 0 spiro atoms. The van der Waals surface area contributed by atoms with Crippen LogP contribution >= 0.6 is 7.82 Å². The normalized spacial score (nSPS) is 9.60. The Balaban J connectivity index is 0. The van der Waals surface area contributed by atoms with Gasteiger partial charge in [-0.05, 0) is 4.53 Å². The van der Waals surface area contributed by atoms with Gasteiger partial charge in [0, 0.05) is 6.92 Å². The van der Waals surface area contributed by atoms with Gasteiger partial charge in [0.15, 0.2) is 0 Å². The molecule has 0 unspecified atom stereocenters. The maximum absolute atomic E-state index is 10.2. The molecule has 0 radical (unpaired) electrons. The highest BCUT2D eigenvalue weighted by Gasteiger charge is 2.12. The van der Waals surface area contributed by atoms with Crippen LogP contribution in [0.4, 0.5) is 4.53 Å². The molecule has 0 aliphatic rings. The van der Waals surface area contributed by atoms with Crippen LogP contribution in [0, 0.1) is 0 Å². The average molecular weight is 176 g/mol. The Morgan fingerprint density at radius 3 is 1.70 bits per heavy atom. The fourth-order valence-corrected chi connectivity index (χ4v) is 0. The zero-order valence-corrected chi connectivity index (χ0v) is 5.79. The van der Waals surface area contributed by atoms with Gasteiger partial charge in [0.2, 0.25) is 0 Å². The Hall–Kier alpha value is -0.490. The summed E-state index contributed by atoms with van der Waals surface area (Å²) in [5.74, 6) is -0.833. The lowest BCUT2D eigenvalue weighted by Gasteiger charge is -1.87. The number of carboxylic acids is 1. The van der Waals surface area contributed by atoms with Gasteiger partial charge in [-0.1, -0.05) is 4.73 Å². The minimum Gasteiger partial charge on any atom is -0.481 e. The summed E-state index contributed by atoms with van der Waals surface area (Å²) in [4.78, 5) is 23.7. The third-order valence-electron chi connectivity index (χ3n) is 0.0899. The first-order valence-corrected chi connectivity index (χ1v) is 3.38. The molecule has 0 aromatic carbocycles. The first-order chi connectivity index (χ1) is 4.29. The van der Waals surface area contributed by atoms with Crippen LogP contribution in [0.1, 0.15) is 6.92 Å². The van der Waals surface area contributed by atoms with E-state index in [2.05, 4.69) is 4.73 Å². The van der Waals surface area contributed by atoms with Crippen molar-refractivity contribution in [2.24, 2.45) is 0 Å². The third kappa shape index (κ3) is 50.5. The van der Waals surface area contributed by atoms with E-state index in [0.29, 0.717) is 0 Å². The summed E-state index contributed by atoms with van der Waals surface area (Å²) in [5, 5.41) is 7.42. The molecule has 0 aromatic heterocycles. The zero-order valence-electron chi connectivity index (χ0n) is 4.89. The molecule has 0 heterocycles. The summed E-state index contributed by atoms with van der Waals surface area (Å²) in [6, 6.07) is 0. The molecule has 3 N–H and O–H groups in total. The Morgan fingerprint density at radius 1 is 1.60 bits per heavy atom. The van der Waals surface area contributed by atoms with Crippen molar-refractivity contribution in [1.82, 2.24) is 0 Å². The van der Waals surface area contributed by atoms with Crippen LogP contribution in [0.5, 0.6) is 0 Å². The maximum Gasteiger partial charge on any atom is 0.500 e. The minimum atomic E-state index is -4.81. The number of carboxylic acid groups (broad SMARTS) is 1. The Bertz CT molecular complexity index is 135. The van der Waals surface area contributed by atoms with E-state index >= 15 is 0 Å². The van der Waals surface area contributed by atoms with Gasteiger partial charge in [0.1, 0.15) is 0 Å². The number of carbonyl (C=O) groups is 1. The summed E-state index contributed by atoms with van der Waals surface area (Å²) in [5.41, 5.74) is 0. The molecule has 0 saturated carbocycles. The number of rotatable bonds is 1. The van der Waals surface area contributed by atoms with Crippen LogP contribution in [-0.4, -0.2) is 20.9 Å². The van der Waals surface area contributed by atoms with Crippen LogP contribution < -0.4 is 0 Å². The highest BCUT2D eigenvalue weighted by molar-refractivity contribution is 7.46. The van der Waals surface area contributed by atoms with Gasteiger partial charge in [0.05, 0.1) is 0 Å². The van der Waals surface area contributed by atoms with E-state index in [-0.39, 0.29) is 0 Å². The number of phosphoric acid groups is 1. The van der Waals surface area contributed by atoms with Crippen LogP contribution in [0.2, 0.25) is 0 Å². The summed E-state index contributed by atoms with van der Waals surface area (Å²) in [6.07, 6.45) is 0. The SMILES string of the molecule is CC(=O)O.O=P(O)(O)OF. The van der Waals surface area contributed by atoms with Crippen molar-refractivity contribution in [2.45, 2.75) is 6.92 Å². The van der Waals surface area contributed by atoms with Crippen molar-refractivity contribution in [1.29, 1.82) is 0 Å². The Kier molecular flexibility index (Phi) is 6.48. The van der Waals surface area contributed by atoms with Gasteiger partial charge < -0.3 is 14.9 Å². The lowest BCUT2D eigenvalue weighted by atomic mass is 10.9. The van der Waals surface area contributed by atoms with Crippen molar-refractivity contribution in [2.75, 3.05) is 0 Å². The third-order valence-corrected chi connectivity index (χ3v) is 0.270. The largest absolute Gasteiger partial charge is 0.500 e. The van der Waals surface area contributed by atoms with Crippen LogP contribution in [0.3, 0.4) is 0 Å².